The molecule has 2 unspecified atom stereocenters. The third-order valence-electron chi connectivity index (χ3n) is 4.37. The Morgan fingerprint density at radius 1 is 0.636 bits per heavy atom. The Bertz CT molecular complexity index is 603. The molecule has 0 heterocycles. The molecule has 0 fully saturated rings. The second-order valence-corrected chi connectivity index (χ2v) is 26.5. The summed E-state index contributed by atoms with van der Waals surface area (Å²) in [6, 6.07) is 1.31. The van der Waals surface area contributed by atoms with Crippen molar-refractivity contribution in [3.63, 3.8) is 0 Å². The number of ether oxygens (including phenoxy) is 2. The van der Waals surface area contributed by atoms with Gasteiger partial charge < -0.3 is 37.2 Å². The lowest BCUT2D eigenvalue weighted by Crippen LogP contribution is -2.47. The smallest absolute Gasteiger partial charge is 0.407 e. The minimum absolute atomic E-state index is 0.216. The van der Waals surface area contributed by atoms with Gasteiger partial charge in [0.1, 0.15) is 0 Å². The number of hydrogen-bond donors (Lipinski definition) is 2. The molecular formula is C19H46N2O8Si4. The van der Waals surface area contributed by atoms with Crippen molar-refractivity contribution in [2.75, 3.05) is 40.5 Å². The van der Waals surface area contributed by atoms with Gasteiger partial charge in [0.05, 0.1) is 13.2 Å². The van der Waals surface area contributed by atoms with Crippen molar-refractivity contribution in [1.82, 2.24) is 10.6 Å². The quantitative estimate of drug-likeness (QED) is 0.222. The zero-order valence-corrected chi connectivity index (χ0v) is 26.2. The monoisotopic (exact) mass is 542 g/mol. The molecular weight excluding hydrogens is 497 g/mol. The Hall–Kier alpha value is -0.752. The lowest BCUT2D eigenvalue weighted by atomic mass is 10.5. The molecule has 0 aliphatic heterocycles. The summed E-state index contributed by atoms with van der Waals surface area (Å²) in [5.41, 5.74) is 0. The molecule has 0 radical (unpaired) electrons. The van der Waals surface area contributed by atoms with Crippen molar-refractivity contribution < 1.29 is 36.1 Å². The van der Waals surface area contributed by atoms with Crippen LogP contribution in [0.3, 0.4) is 0 Å². The molecule has 2 amide bonds. The first kappa shape index (κ1) is 32.2. The van der Waals surface area contributed by atoms with Gasteiger partial charge in [-0.1, -0.05) is 0 Å². The first-order valence-corrected chi connectivity index (χ1v) is 23.2. The summed E-state index contributed by atoms with van der Waals surface area (Å²) in [7, 11) is -4.71. The number of alkyl carbamates (subject to hydrolysis) is 2. The maximum absolute atomic E-state index is 11.8. The van der Waals surface area contributed by atoms with Crippen LogP contribution in [-0.4, -0.2) is 86.5 Å². The molecule has 0 aliphatic carbocycles. The number of hydrogen-bond acceptors (Lipinski definition) is 8. The van der Waals surface area contributed by atoms with Crippen LogP contribution in [0.4, 0.5) is 9.59 Å². The van der Waals surface area contributed by atoms with Gasteiger partial charge >= 0.3 is 29.3 Å². The predicted octanol–water partition coefficient (Wildman–Crippen LogP) is 3.97. The van der Waals surface area contributed by atoms with Crippen LogP contribution in [-0.2, 0) is 26.6 Å². The average molecular weight is 543 g/mol. The third-order valence-corrected chi connectivity index (χ3v) is 16.8. The molecule has 0 aromatic rings. The van der Waals surface area contributed by atoms with Crippen molar-refractivity contribution in [2.45, 2.75) is 70.9 Å². The molecule has 0 spiro atoms. The summed E-state index contributed by atoms with van der Waals surface area (Å²) in [4.78, 5) is 23.6. The Morgan fingerprint density at radius 3 is 1.42 bits per heavy atom. The van der Waals surface area contributed by atoms with Crippen LogP contribution in [0.15, 0.2) is 0 Å². The molecule has 2 atom stereocenters. The summed E-state index contributed by atoms with van der Waals surface area (Å²) in [6.45, 7) is 17.7. The number of rotatable bonds is 16. The van der Waals surface area contributed by atoms with Crippen LogP contribution in [0.2, 0.25) is 64.5 Å². The fourth-order valence-electron chi connectivity index (χ4n) is 3.00. The molecule has 0 saturated carbocycles. The van der Waals surface area contributed by atoms with Crippen LogP contribution in [0.1, 0.15) is 6.42 Å². The summed E-state index contributed by atoms with van der Waals surface area (Å²) in [6.07, 6.45) is -0.399. The normalized spacial score (nSPS) is 15.8. The minimum atomic E-state index is -2.35. The van der Waals surface area contributed by atoms with Crippen molar-refractivity contribution in [3.8, 4) is 0 Å². The molecule has 14 heteroatoms. The molecule has 0 rings (SSSR count). The van der Waals surface area contributed by atoms with Gasteiger partial charge in [0, 0.05) is 33.4 Å². The number of amides is 2. The van der Waals surface area contributed by atoms with Crippen LogP contribution in [0.25, 0.3) is 0 Å². The first-order valence-electron chi connectivity index (χ1n) is 11.3. The highest BCUT2D eigenvalue weighted by Crippen LogP contribution is 2.21. The minimum Gasteiger partial charge on any atom is -0.450 e. The average Bonchev–Trinajstić information content (AvgIpc) is 2.66. The Morgan fingerprint density at radius 2 is 1.03 bits per heavy atom. The van der Waals surface area contributed by atoms with E-state index in [2.05, 4.69) is 49.9 Å². The molecule has 0 bridgehead atoms. The van der Waals surface area contributed by atoms with Gasteiger partial charge in [-0.3, -0.25) is 0 Å². The van der Waals surface area contributed by atoms with Gasteiger partial charge in [0.25, 0.3) is 0 Å². The number of carbonyl (C=O) groups excluding carboxylic acids is 2. The molecule has 33 heavy (non-hydrogen) atoms. The fraction of sp³-hybridized carbons (Fsp3) is 0.895. The molecule has 0 aliphatic rings. The van der Waals surface area contributed by atoms with E-state index < -0.39 is 45.9 Å². The summed E-state index contributed by atoms with van der Waals surface area (Å²) >= 11 is 0. The van der Waals surface area contributed by atoms with Crippen molar-refractivity contribution in [2.24, 2.45) is 0 Å². The van der Waals surface area contributed by atoms with Gasteiger partial charge in [0.2, 0.25) is 0 Å². The van der Waals surface area contributed by atoms with Crippen molar-refractivity contribution >= 4 is 45.9 Å². The lowest BCUT2D eigenvalue weighted by Gasteiger charge is -2.32. The Labute approximate surface area is 204 Å². The van der Waals surface area contributed by atoms with E-state index in [-0.39, 0.29) is 26.3 Å². The van der Waals surface area contributed by atoms with Gasteiger partial charge in [0.15, 0.2) is 16.6 Å². The van der Waals surface area contributed by atoms with Crippen LogP contribution in [0.5, 0.6) is 0 Å². The van der Waals surface area contributed by atoms with Gasteiger partial charge in [-0.25, -0.2) is 9.59 Å². The summed E-state index contributed by atoms with van der Waals surface area (Å²) < 4.78 is 33.9. The van der Waals surface area contributed by atoms with Gasteiger partial charge in [-0.2, -0.15) is 0 Å². The Balaban J connectivity index is 3.99. The molecule has 2 N–H and O–H groups in total. The van der Waals surface area contributed by atoms with E-state index in [9.17, 15) is 9.59 Å². The lowest BCUT2D eigenvalue weighted by molar-refractivity contribution is 0.141. The summed E-state index contributed by atoms with van der Waals surface area (Å²) in [5, 5.41) is 5.19. The van der Waals surface area contributed by atoms with Crippen molar-refractivity contribution in [3.05, 3.63) is 0 Å². The molecule has 0 aromatic carbocycles. The maximum Gasteiger partial charge on any atom is 0.407 e. The predicted molar refractivity (Wildman–Crippen MR) is 139 cm³/mol. The maximum atomic E-state index is 11.8. The highest BCUT2D eigenvalue weighted by Gasteiger charge is 2.36. The number of carbonyl (C=O) groups is 2. The van der Waals surface area contributed by atoms with Crippen LogP contribution < -0.4 is 10.6 Å². The topological polar surface area (TPSA) is 114 Å². The molecule has 0 aromatic heterocycles. The highest BCUT2D eigenvalue weighted by molar-refractivity contribution is 6.82. The van der Waals surface area contributed by atoms with E-state index in [4.69, 9.17) is 26.6 Å². The van der Waals surface area contributed by atoms with Crippen LogP contribution in [0, 0.1) is 0 Å². The standard InChI is InChI=1S/C19H46N2O8Si4/c1-24-32(9,28-30(3,4)5)16-11-14-26-18(22)20-12-13-21-19(23)27-15-17-33(10,25-2)29-31(6,7)8/h11-17H2,1-10H3,(H,20,22)(H,21,23). The van der Waals surface area contributed by atoms with E-state index in [1.54, 1.807) is 14.2 Å². The largest absolute Gasteiger partial charge is 0.450 e. The van der Waals surface area contributed by atoms with E-state index in [1.807, 2.05) is 13.1 Å². The summed E-state index contributed by atoms with van der Waals surface area (Å²) in [5.74, 6) is 0. The fourth-order valence-corrected chi connectivity index (χ4v) is 16.5. The van der Waals surface area contributed by atoms with Gasteiger partial charge in [-0.05, 0) is 64.8 Å². The van der Waals surface area contributed by atoms with E-state index >= 15 is 0 Å². The van der Waals surface area contributed by atoms with Crippen LogP contribution >= 0.6 is 0 Å². The molecule has 196 valence electrons. The van der Waals surface area contributed by atoms with E-state index in [1.165, 1.54) is 0 Å². The van der Waals surface area contributed by atoms with E-state index in [0.717, 1.165) is 6.04 Å². The second-order valence-electron chi connectivity index (χ2n) is 10.1. The number of nitrogens with one attached hydrogen (secondary N) is 2. The zero-order chi connectivity index (χ0) is 25.8. The molecule has 0 saturated heterocycles. The Kier molecular flexibility index (Phi) is 14.3. The van der Waals surface area contributed by atoms with Crippen molar-refractivity contribution in [1.29, 1.82) is 0 Å². The van der Waals surface area contributed by atoms with E-state index in [0.29, 0.717) is 12.5 Å². The SMILES string of the molecule is CO[Si](C)(CCCOC(=O)NCCNC(=O)OCC[Si](C)(OC)O[Si](C)(C)C)O[Si](C)(C)C. The third kappa shape index (κ3) is 17.4. The highest BCUT2D eigenvalue weighted by atomic mass is 28.4. The first-order chi connectivity index (χ1) is 15.0. The zero-order valence-electron chi connectivity index (χ0n) is 22.2. The second kappa shape index (κ2) is 14.6. The van der Waals surface area contributed by atoms with Gasteiger partial charge in [-0.15, -0.1) is 0 Å². The molecule has 10 nitrogen and oxygen atoms in total.